The minimum absolute atomic E-state index is 0.131. The smallest absolute Gasteiger partial charge is 0.257 e. The van der Waals surface area contributed by atoms with Crippen LogP contribution in [0.15, 0.2) is 55.0 Å². The van der Waals surface area contributed by atoms with Crippen LogP contribution in [0, 0.1) is 17.5 Å². The largest absolute Gasteiger partial charge is 0.320 e. The van der Waals surface area contributed by atoms with Crippen LogP contribution in [0.5, 0.6) is 0 Å². The Kier molecular flexibility index (Phi) is 5.62. The molecule has 0 aliphatic heterocycles. The Bertz CT molecular complexity index is 1300. The number of halogens is 5. The van der Waals surface area contributed by atoms with Crippen molar-refractivity contribution in [3.05, 3.63) is 88.0 Å². The second kappa shape index (κ2) is 8.37. The Hall–Kier alpha value is -3.43. The molecule has 0 unspecified atom stereocenters. The predicted molar refractivity (Wildman–Crippen MR) is 109 cm³/mol. The third-order valence-corrected chi connectivity index (χ3v) is 4.80. The lowest BCUT2D eigenvalue weighted by atomic mass is 10.0. The number of nitrogens with zero attached hydrogens (tertiary/aromatic N) is 4. The minimum atomic E-state index is -0.959. The number of anilines is 1. The first-order valence-electron chi connectivity index (χ1n) is 8.61. The molecule has 31 heavy (non-hydrogen) atoms. The maximum Gasteiger partial charge on any atom is 0.257 e. The van der Waals surface area contributed by atoms with Gasteiger partial charge in [-0.2, -0.15) is 10.2 Å². The molecule has 0 fully saturated rings. The highest BCUT2D eigenvalue weighted by atomic mass is 35.5. The number of hydrogen-bond donors (Lipinski definition) is 1. The van der Waals surface area contributed by atoms with Crippen LogP contribution in [0.25, 0.3) is 16.9 Å². The van der Waals surface area contributed by atoms with Crippen LogP contribution < -0.4 is 5.32 Å². The maximum atomic E-state index is 14.6. The summed E-state index contributed by atoms with van der Waals surface area (Å²) in [5.74, 6) is -3.15. The minimum Gasteiger partial charge on any atom is -0.320 e. The van der Waals surface area contributed by atoms with Crippen LogP contribution in [0.3, 0.4) is 0 Å². The van der Waals surface area contributed by atoms with E-state index in [2.05, 4.69) is 20.5 Å². The summed E-state index contributed by atoms with van der Waals surface area (Å²) >= 11 is 12.3. The van der Waals surface area contributed by atoms with E-state index >= 15 is 0 Å². The van der Waals surface area contributed by atoms with E-state index < -0.39 is 23.4 Å². The number of hydrogen-bond acceptors (Lipinski definition) is 4. The van der Waals surface area contributed by atoms with Crippen molar-refractivity contribution in [3.8, 4) is 16.9 Å². The van der Waals surface area contributed by atoms with Crippen molar-refractivity contribution in [2.24, 2.45) is 0 Å². The molecule has 2 heterocycles. The quantitative estimate of drug-likeness (QED) is 0.445. The van der Waals surface area contributed by atoms with Gasteiger partial charge in [-0.25, -0.2) is 18.2 Å². The van der Waals surface area contributed by atoms with Gasteiger partial charge in [-0.1, -0.05) is 23.2 Å². The molecule has 0 spiro atoms. The molecule has 2 aromatic heterocycles. The summed E-state index contributed by atoms with van der Waals surface area (Å²) in [5, 5.41) is 10.4. The number of benzene rings is 2. The highest BCUT2D eigenvalue weighted by molar-refractivity contribution is 6.35. The summed E-state index contributed by atoms with van der Waals surface area (Å²) < 4.78 is 41.7. The van der Waals surface area contributed by atoms with Crippen LogP contribution in [0.1, 0.15) is 10.4 Å². The Labute approximate surface area is 183 Å². The topological polar surface area (TPSA) is 72.7 Å². The number of aromatic nitrogens is 4. The van der Waals surface area contributed by atoms with Gasteiger partial charge in [0.1, 0.15) is 17.5 Å². The van der Waals surface area contributed by atoms with E-state index in [4.69, 9.17) is 23.2 Å². The SMILES string of the molecule is O=C(Nc1cnc(-n2nccn2)c(Cl)c1)c1cc(F)c(-c2ccc(F)cc2F)cc1Cl. The summed E-state index contributed by atoms with van der Waals surface area (Å²) in [7, 11) is 0. The van der Waals surface area contributed by atoms with E-state index in [1.165, 1.54) is 29.5 Å². The van der Waals surface area contributed by atoms with E-state index in [1.54, 1.807) is 0 Å². The van der Waals surface area contributed by atoms with Crippen molar-refractivity contribution in [1.82, 2.24) is 20.0 Å². The zero-order valence-electron chi connectivity index (χ0n) is 15.3. The molecule has 0 atom stereocenters. The molecule has 156 valence electrons. The third kappa shape index (κ3) is 4.23. The summed E-state index contributed by atoms with van der Waals surface area (Å²) in [6, 6.07) is 6.08. The highest BCUT2D eigenvalue weighted by Gasteiger charge is 2.19. The fourth-order valence-corrected chi connectivity index (χ4v) is 3.30. The average molecular weight is 464 g/mol. The molecule has 0 saturated heterocycles. The van der Waals surface area contributed by atoms with Gasteiger partial charge in [0.25, 0.3) is 5.91 Å². The van der Waals surface area contributed by atoms with Gasteiger partial charge in [0, 0.05) is 17.2 Å². The van der Waals surface area contributed by atoms with E-state index in [1.807, 2.05) is 0 Å². The van der Waals surface area contributed by atoms with Crippen LogP contribution >= 0.6 is 23.2 Å². The number of carbonyl (C=O) groups excluding carboxylic acids is 1. The van der Waals surface area contributed by atoms with E-state index in [9.17, 15) is 18.0 Å². The van der Waals surface area contributed by atoms with Crippen molar-refractivity contribution in [1.29, 1.82) is 0 Å². The summed E-state index contributed by atoms with van der Waals surface area (Å²) in [5.41, 5.74) is -0.373. The molecule has 0 saturated carbocycles. The molecular weight excluding hydrogens is 454 g/mol. The first-order valence-corrected chi connectivity index (χ1v) is 9.37. The molecule has 1 N–H and O–H groups in total. The number of carbonyl (C=O) groups is 1. The van der Waals surface area contributed by atoms with Crippen molar-refractivity contribution in [2.75, 3.05) is 5.32 Å². The molecule has 0 aliphatic carbocycles. The van der Waals surface area contributed by atoms with E-state index in [0.29, 0.717) is 6.07 Å². The average Bonchev–Trinajstić information content (AvgIpc) is 3.24. The number of pyridine rings is 1. The van der Waals surface area contributed by atoms with Crippen molar-refractivity contribution >= 4 is 34.8 Å². The van der Waals surface area contributed by atoms with Crippen LogP contribution in [-0.4, -0.2) is 25.9 Å². The van der Waals surface area contributed by atoms with Gasteiger partial charge in [0.05, 0.1) is 39.9 Å². The first-order chi connectivity index (χ1) is 14.8. The second-order valence-corrected chi connectivity index (χ2v) is 7.05. The van der Waals surface area contributed by atoms with Gasteiger partial charge in [0.15, 0.2) is 5.82 Å². The normalized spacial score (nSPS) is 10.9. The molecule has 1 amide bonds. The fraction of sp³-hybridized carbons (Fsp3) is 0. The van der Waals surface area contributed by atoms with E-state index in [0.717, 1.165) is 24.3 Å². The molecule has 4 rings (SSSR count). The first kappa shape index (κ1) is 20.8. The van der Waals surface area contributed by atoms with Crippen LogP contribution in [-0.2, 0) is 0 Å². The third-order valence-electron chi connectivity index (χ3n) is 4.21. The molecule has 4 aromatic rings. The summed E-state index contributed by atoms with van der Waals surface area (Å²) in [6.07, 6.45) is 4.21. The summed E-state index contributed by atoms with van der Waals surface area (Å²) in [6.45, 7) is 0. The Balaban J connectivity index is 1.61. The van der Waals surface area contributed by atoms with Crippen molar-refractivity contribution < 1.29 is 18.0 Å². The van der Waals surface area contributed by atoms with Gasteiger partial charge in [-0.3, -0.25) is 4.79 Å². The van der Waals surface area contributed by atoms with Crippen molar-refractivity contribution in [3.63, 3.8) is 0 Å². The van der Waals surface area contributed by atoms with Crippen LogP contribution in [0.4, 0.5) is 18.9 Å². The van der Waals surface area contributed by atoms with Gasteiger partial charge >= 0.3 is 0 Å². The summed E-state index contributed by atoms with van der Waals surface area (Å²) in [4.78, 5) is 17.9. The monoisotopic (exact) mass is 463 g/mol. The number of rotatable bonds is 4. The lowest BCUT2D eigenvalue weighted by molar-refractivity contribution is 0.102. The molecule has 0 aliphatic rings. The molecular formula is C20H10Cl2F3N5O. The number of nitrogens with one attached hydrogen (secondary N) is 1. The molecule has 0 bridgehead atoms. The fourth-order valence-electron chi connectivity index (χ4n) is 2.80. The standard InChI is InChI=1S/C20H10Cl2F3N5O/c21-15-7-13(12-2-1-10(23)5-17(12)24)18(25)8-14(15)20(31)29-11-6-16(22)19(26-9-11)30-27-3-4-28-30/h1-9H,(H,29,31). The highest BCUT2D eigenvalue weighted by Crippen LogP contribution is 2.31. The van der Waals surface area contributed by atoms with Crippen molar-refractivity contribution in [2.45, 2.75) is 0 Å². The van der Waals surface area contributed by atoms with Gasteiger partial charge in [-0.15, -0.1) is 4.80 Å². The molecule has 6 nitrogen and oxygen atoms in total. The Morgan fingerprint density at radius 1 is 0.903 bits per heavy atom. The molecule has 0 radical (unpaired) electrons. The second-order valence-electron chi connectivity index (χ2n) is 6.24. The van der Waals surface area contributed by atoms with Crippen LogP contribution in [0.2, 0.25) is 10.0 Å². The van der Waals surface area contributed by atoms with E-state index in [-0.39, 0.29) is 38.2 Å². The lowest BCUT2D eigenvalue weighted by Gasteiger charge is -2.11. The molecule has 11 heteroatoms. The predicted octanol–water partition coefficient (Wildman–Crippen LogP) is 5.31. The van der Waals surface area contributed by atoms with Gasteiger partial charge in [0.2, 0.25) is 0 Å². The zero-order chi connectivity index (χ0) is 22.1. The maximum absolute atomic E-state index is 14.6. The Morgan fingerprint density at radius 3 is 2.29 bits per heavy atom. The van der Waals surface area contributed by atoms with Gasteiger partial charge < -0.3 is 5.32 Å². The zero-order valence-corrected chi connectivity index (χ0v) is 16.8. The lowest BCUT2D eigenvalue weighted by Crippen LogP contribution is -2.14. The number of amides is 1. The Morgan fingerprint density at radius 2 is 1.61 bits per heavy atom. The van der Waals surface area contributed by atoms with Gasteiger partial charge in [-0.05, 0) is 30.3 Å². The molecule has 2 aromatic carbocycles.